The van der Waals surface area contributed by atoms with Crippen molar-refractivity contribution in [2.45, 2.75) is 39.3 Å². The normalized spacial score (nSPS) is 13.3. The maximum atomic E-state index is 13.8. The number of halogens is 1. The van der Waals surface area contributed by atoms with Gasteiger partial charge in [-0.25, -0.2) is 4.39 Å². The lowest BCUT2D eigenvalue weighted by molar-refractivity contribution is 0.221. The third-order valence-electron chi connectivity index (χ3n) is 3.43. The molecule has 100 valence electrons. The Bertz CT molecular complexity index is 556. The predicted octanol–water partition coefficient (Wildman–Crippen LogP) is 4.14. The highest BCUT2D eigenvalue weighted by molar-refractivity contribution is 5.33. The summed E-state index contributed by atoms with van der Waals surface area (Å²) in [6.45, 7) is 7.18. The Morgan fingerprint density at radius 2 is 1.63 bits per heavy atom. The van der Waals surface area contributed by atoms with Crippen molar-refractivity contribution in [3.63, 3.8) is 0 Å². The van der Waals surface area contributed by atoms with Crippen LogP contribution in [0.25, 0.3) is 0 Å². The van der Waals surface area contributed by atoms with Crippen LogP contribution in [-0.4, -0.2) is 9.97 Å². The number of aryl methyl sites for hydroxylation is 1. The summed E-state index contributed by atoms with van der Waals surface area (Å²) in [4.78, 5) is 8.65. The molecule has 2 aromatic rings. The summed E-state index contributed by atoms with van der Waals surface area (Å²) in [7, 11) is 0. The molecule has 1 heterocycles. The van der Waals surface area contributed by atoms with Gasteiger partial charge in [-0.05, 0) is 31.9 Å². The summed E-state index contributed by atoms with van der Waals surface area (Å²) in [5, 5.41) is 0. The third kappa shape index (κ3) is 2.98. The molecule has 0 fully saturated rings. The Kier molecular flexibility index (Phi) is 3.65. The SMILES string of the molecule is Cc1nccnc1C(C)c1ccc(C(C)(C)F)cc1. The standard InChI is InChI=1S/C16H19FN2/c1-11(15-12(2)18-9-10-19-15)13-5-7-14(8-6-13)16(3,4)17/h5-11H,1-4H3. The molecule has 0 aliphatic rings. The van der Waals surface area contributed by atoms with Crippen molar-refractivity contribution in [1.29, 1.82) is 0 Å². The first-order valence-corrected chi connectivity index (χ1v) is 6.46. The van der Waals surface area contributed by atoms with E-state index in [1.54, 1.807) is 26.2 Å². The monoisotopic (exact) mass is 258 g/mol. The fourth-order valence-corrected chi connectivity index (χ4v) is 2.17. The molecule has 2 nitrogen and oxygen atoms in total. The van der Waals surface area contributed by atoms with Crippen LogP contribution in [0.2, 0.25) is 0 Å². The second-order valence-corrected chi connectivity index (χ2v) is 5.34. The first-order chi connectivity index (χ1) is 8.89. The molecule has 1 aromatic carbocycles. The minimum absolute atomic E-state index is 0.158. The van der Waals surface area contributed by atoms with Crippen LogP contribution in [-0.2, 0) is 5.67 Å². The number of aromatic nitrogens is 2. The van der Waals surface area contributed by atoms with Gasteiger partial charge >= 0.3 is 0 Å². The maximum Gasteiger partial charge on any atom is 0.130 e. The van der Waals surface area contributed by atoms with Crippen LogP contribution >= 0.6 is 0 Å². The van der Waals surface area contributed by atoms with Crippen LogP contribution in [0.4, 0.5) is 4.39 Å². The van der Waals surface area contributed by atoms with Gasteiger partial charge in [0.2, 0.25) is 0 Å². The van der Waals surface area contributed by atoms with Crippen LogP contribution in [0.1, 0.15) is 49.2 Å². The second-order valence-electron chi connectivity index (χ2n) is 5.34. The van der Waals surface area contributed by atoms with E-state index in [4.69, 9.17) is 0 Å². The summed E-state index contributed by atoms with van der Waals surface area (Å²) in [5.41, 5.74) is 2.42. The van der Waals surface area contributed by atoms with E-state index in [1.165, 1.54) is 0 Å². The number of alkyl halides is 1. The van der Waals surface area contributed by atoms with Gasteiger partial charge in [0.25, 0.3) is 0 Å². The van der Waals surface area contributed by atoms with Crippen molar-refractivity contribution in [3.05, 3.63) is 59.2 Å². The average Bonchev–Trinajstić information content (AvgIpc) is 2.38. The van der Waals surface area contributed by atoms with E-state index in [-0.39, 0.29) is 5.92 Å². The van der Waals surface area contributed by atoms with Gasteiger partial charge in [0.05, 0.1) is 11.4 Å². The highest BCUT2D eigenvalue weighted by Gasteiger charge is 2.19. The van der Waals surface area contributed by atoms with Crippen LogP contribution in [0.3, 0.4) is 0 Å². The van der Waals surface area contributed by atoms with Gasteiger partial charge in [0, 0.05) is 18.3 Å². The average molecular weight is 258 g/mol. The summed E-state index contributed by atoms with van der Waals surface area (Å²) in [5.74, 6) is 0.158. The molecule has 1 unspecified atom stereocenters. The molecule has 0 bridgehead atoms. The van der Waals surface area contributed by atoms with Crippen LogP contribution in [0.15, 0.2) is 36.7 Å². The van der Waals surface area contributed by atoms with E-state index in [1.807, 2.05) is 31.2 Å². The molecule has 0 N–H and O–H groups in total. The lowest BCUT2D eigenvalue weighted by Crippen LogP contribution is -2.09. The Labute approximate surface area is 113 Å². The van der Waals surface area contributed by atoms with Crippen molar-refractivity contribution in [2.75, 3.05) is 0 Å². The summed E-state index contributed by atoms with van der Waals surface area (Å²) in [6, 6.07) is 7.62. The topological polar surface area (TPSA) is 25.8 Å². The summed E-state index contributed by atoms with van der Waals surface area (Å²) in [6.07, 6.45) is 3.40. The maximum absolute atomic E-state index is 13.8. The zero-order chi connectivity index (χ0) is 14.0. The quantitative estimate of drug-likeness (QED) is 0.826. The van der Waals surface area contributed by atoms with Crippen molar-refractivity contribution >= 4 is 0 Å². The number of nitrogens with zero attached hydrogens (tertiary/aromatic N) is 2. The summed E-state index contributed by atoms with van der Waals surface area (Å²) >= 11 is 0. The Balaban J connectivity index is 2.31. The highest BCUT2D eigenvalue weighted by Crippen LogP contribution is 2.28. The molecule has 1 atom stereocenters. The molecular weight excluding hydrogens is 239 g/mol. The van der Waals surface area contributed by atoms with Gasteiger partial charge in [-0.15, -0.1) is 0 Å². The minimum atomic E-state index is -1.30. The van der Waals surface area contributed by atoms with Crippen LogP contribution in [0, 0.1) is 6.92 Å². The number of benzene rings is 1. The molecule has 1 aromatic heterocycles. The molecule has 19 heavy (non-hydrogen) atoms. The molecule has 3 heteroatoms. The van der Waals surface area contributed by atoms with E-state index >= 15 is 0 Å². The fourth-order valence-electron chi connectivity index (χ4n) is 2.17. The van der Waals surface area contributed by atoms with Crippen molar-refractivity contribution < 1.29 is 4.39 Å². The summed E-state index contributed by atoms with van der Waals surface area (Å²) < 4.78 is 13.8. The Morgan fingerprint density at radius 3 is 2.16 bits per heavy atom. The van der Waals surface area contributed by atoms with Crippen molar-refractivity contribution in [2.24, 2.45) is 0 Å². The fraction of sp³-hybridized carbons (Fsp3) is 0.375. The zero-order valence-electron chi connectivity index (χ0n) is 11.8. The minimum Gasteiger partial charge on any atom is -0.258 e. The molecule has 0 spiro atoms. The largest absolute Gasteiger partial charge is 0.258 e. The van der Waals surface area contributed by atoms with E-state index in [0.717, 1.165) is 17.0 Å². The lowest BCUT2D eigenvalue weighted by Gasteiger charge is -2.17. The smallest absolute Gasteiger partial charge is 0.130 e. The molecule has 0 amide bonds. The second kappa shape index (κ2) is 5.08. The Morgan fingerprint density at radius 1 is 1.05 bits per heavy atom. The van der Waals surface area contributed by atoms with Crippen LogP contribution in [0.5, 0.6) is 0 Å². The van der Waals surface area contributed by atoms with E-state index in [2.05, 4.69) is 16.9 Å². The molecule has 0 aliphatic carbocycles. The van der Waals surface area contributed by atoms with Gasteiger partial charge in [0.15, 0.2) is 0 Å². The van der Waals surface area contributed by atoms with E-state index in [0.29, 0.717) is 5.56 Å². The number of rotatable bonds is 3. The molecule has 0 saturated heterocycles. The van der Waals surface area contributed by atoms with Gasteiger partial charge in [-0.1, -0.05) is 31.2 Å². The third-order valence-corrected chi connectivity index (χ3v) is 3.43. The predicted molar refractivity (Wildman–Crippen MR) is 74.9 cm³/mol. The number of hydrogen-bond acceptors (Lipinski definition) is 2. The van der Waals surface area contributed by atoms with Crippen LogP contribution < -0.4 is 0 Å². The van der Waals surface area contributed by atoms with Gasteiger partial charge in [-0.3, -0.25) is 9.97 Å². The first kappa shape index (κ1) is 13.7. The van der Waals surface area contributed by atoms with Crippen molar-refractivity contribution in [3.8, 4) is 0 Å². The molecule has 0 aliphatic heterocycles. The Hall–Kier alpha value is -1.77. The van der Waals surface area contributed by atoms with Crippen molar-refractivity contribution in [1.82, 2.24) is 9.97 Å². The molecule has 0 saturated carbocycles. The van der Waals surface area contributed by atoms with E-state index in [9.17, 15) is 4.39 Å². The zero-order valence-corrected chi connectivity index (χ0v) is 11.8. The van der Waals surface area contributed by atoms with Gasteiger partial charge in [-0.2, -0.15) is 0 Å². The highest BCUT2D eigenvalue weighted by atomic mass is 19.1. The molecule has 0 radical (unpaired) electrons. The van der Waals surface area contributed by atoms with Gasteiger partial charge in [0.1, 0.15) is 5.67 Å². The van der Waals surface area contributed by atoms with Gasteiger partial charge < -0.3 is 0 Å². The molecule has 2 rings (SSSR count). The lowest BCUT2D eigenvalue weighted by atomic mass is 9.92. The van der Waals surface area contributed by atoms with E-state index < -0.39 is 5.67 Å². The molecular formula is C16H19FN2. The first-order valence-electron chi connectivity index (χ1n) is 6.46. The number of hydrogen-bond donors (Lipinski definition) is 0.